The van der Waals surface area contributed by atoms with Gasteiger partial charge in [0.15, 0.2) is 0 Å². The summed E-state index contributed by atoms with van der Waals surface area (Å²) in [6, 6.07) is 0. The lowest BCUT2D eigenvalue weighted by Crippen LogP contribution is -1.81. The van der Waals surface area contributed by atoms with E-state index in [1.165, 1.54) is 21.8 Å². The largest absolute Gasteiger partial charge is 0.110 e. The Kier molecular flexibility index (Phi) is 4.41. The predicted octanol–water partition coefficient (Wildman–Crippen LogP) is 3.32. The Hall–Kier alpha value is 0.340. The Morgan fingerprint density at radius 3 is 1.00 bits per heavy atom. The first kappa shape index (κ1) is 10.3. The molecule has 58 valence electrons. The zero-order chi connectivity index (χ0) is 8.31. The van der Waals surface area contributed by atoms with Gasteiger partial charge in [-0.3, -0.25) is 0 Å². The van der Waals surface area contributed by atoms with Crippen LogP contribution >= 0.6 is 18.5 Å². The van der Waals surface area contributed by atoms with Crippen molar-refractivity contribution in [1.82, 2.24) is 0 Å². The summed E-state index contributed by atoms with van der Waals surface area (Å²) in [4.78, 5) is 0. The Morgan fingerprint density at radius 1 is 0.700 bits per heavy atom. The van der Waals surface area contributed by atoms with E-state index in [1.807, 2.05) is 0 Å². The van der Waals surface area contributed by atoms with Crippen LogP contribution in [0, 0.1) is 0 Å². The molecule has 0 aliphatic rings. The van der Waals surface area contributed by atoms with E-state index in [-0.39, 0.29) is 0 Å². The Morgan fingerprint density at radius 2 is 0.900 bits per heavy atom. The van der Waals surface area contributed by atoms with Crippen molar-refractivity contribution in [2.75, 3.05) is 0 Å². The van der Waals surface area contributed by atoms with Crippen molar-refractivity contribution in [1.29, 1.82) is 0 Å². The smallest absolute Gasteiger partial charge is 0.0392 e. The highest BCUT2D eigenvalue weighted by molar-refractivity contribution is 7.23. The summed E-state index contributed by atoms with van der Waals surface area (Å²) in [6.07, 6.45) is 0. The minimum absolute atomic E-state index is 1.32. The van der Waals surface area contributed by atoms with Gasteiger partial charge in [-0.1, -0.05) is 10.6 Å². The Labute approximate surface area is 68.6 Å². The lowest BCUT2D eigenvalue weighted by Gasteiger charge is -2.05. The molecule has 0 aliphatic carbocycles. The van der Waals surface area contributed by atoms with Gasteiger partial charge >= 0.3 is 0 Å². The zero-order valence-electron chi connectivity index (χ0n) is 7.15. The van der Waals surface area contributed by atoms with Crippen LogP contribution in [0.4, 0.5) is 0 Å². The quantitative estimate of drug-likeness (QED) is 0.422. The van der Waals surface area contributed by atoms with E-state index in [9.17, 15) is 0 Å². The second kappa shape index (κ2) is 4.27. The lowest BCUT2D eigenvalue weighted by atomic mass is 10.1. The SMILES string of the molecule is CC(P)=C(C)C(C)=C(C)P. The van der Waals surface area contributed by atoms with E-state index < -0.39 is 0 Å². The molecule has 0 aromatic carbocycles. The van der Waals surface area contributed by atoms with E-state index in [0.29, 0.717) is 0 Å². The minimum Gasteiger partial charge on any atom is -0.110 e. The summed E-state index contributed by atoms with van der Waals surface area (Å²) in [6.45, 7) is 8.50. The van der Waals surface area contributed by atoms with Crippen LogP contribution in [0.15, 0.2) is 21.8 Å². The standard InChI is InChI=1S/C8H16P2/c1-5(7(3)9)6(2)8(4)10/h9-10H2,1-4H3. The molecule has 0 bridgehead atoms. The van der Waals surface area contributed by atoms with Crippen LogP contribution in [0.3, 0.4) is 0 Å². The predicted molar refractivity (Wildman–Crippen MR) is 56.2 cm³/mol. The second-order valence-electron chi connectivity index (χ2n) is 2.62. The average Bonchev–Trinajstić information content (AvgIpc) is 1.84. The molecule has 0 saturated carbocycles. The lowest BCUT2D eigenvalue weighted by molar-refractivity contribution is 1.29. The molecule has 0 aromatic rings. The molecule has 0 radical (unpaired) electrons. The third kappa shape index (κ3) is 2.95. The highest BCUT2D eigenvalue weighted by Gasteiger charge is 1.96. The van der Waals surface area contributed by atoms with Crippen LogP contribution in [0.25, 0.3) is 0 Å². The van der Waals surface area contributed by atoms with Crippen molar-refractivity contribution in [3.63, 3.8) is 0 Å². The average molecular weight is 174 g/mol. The summed E-state index contributed by atoms with van der Waals surface area (Å²) in [5.41, 5.74) is 2.75. The van der Waals surface area contributed by atoms with Crippen molar-refractivity contribution < 1.29 is 0 Å². The van der Waals surface area contributed by atoms with E-state index in [1.54, 1.807) is 0 Å². The van der Waals surface area contributed by atoms with E-state index >= 15 is 0 Å². The molecule has 0 N–H and O–H groups in total. The minimum atomic E-state index is 1.32. The van der Waals surface area contributed by atoms with Crippen LogP contribution in [-0.4, -0.2) is 0 Å². The van der Waals surface area contributed by atoms with Gasteiger partial charge in [0.25, 0.3) is 0 Å². The van der Waals surface area contributed by atoms with Crippen molar-refractivity contribution in [2.24, 2.45) is 0 Å². The maximum atomic E-state index is 2.72. The second-order valence-corrected chi connectivity index (χ2v) is 4.35. The molecule has 0 aromatic heterocycles. The summed E-state index contributed by atoms with van der Waals surface area (Å²) in [5.74, 6) is 0. The topological polar surface area (TPSA) is 0 Å². The monoisotopic (exact) mass is 174 g/mol. The molecule has 0 fully saturated rings. The third-order valence-electron chi connectivity index (χ3n) is 1.75. The Balaban J connectivity index is 4.71. The molecular weight excluding hydrogens is 158 g/mol. The summed E-state index contributed by atoms with van der Waals surface area (Å²) < 4.78 is 0. The zero-order valence-corrected chi connectivity index (χ0v) is 9.46. The molecule has 10 heavy (non-hydrogen) atoms. The van der Waals surface area contributed by atoms with Crippen molar-refractivity contribution >= 4 is 18.5 Å². The van der Waals surface area contributed by atoms with Crippen molar-refractivity contribution in [3.05, 3.63) is 21.8 Å². The maximum Gasteiger partial charge on any atom is -0.0392 e. The summed E-state index contributed by atoms with van der Waals surface area (Å²) in [7, 11) is 5.45. The first-order chi connectivity index (χ1) is 4.46. The molecule has 0 spiro atoms. The molecule has 0 saturated heterocycles. The van der Waals surface area contributed by atoms with Crippen LogP contribution in [0.5, 0.6) is 0 Å². The maximum absolute atomic E-state index is 2.72. The molecule has 0 heterocycles. The van der Waals surface area contributed by atoms with Crippen LogP contribution in [0.1, 0.15) is 27.7 Å². The van der Waals surface area contributed by atoms with Gasteiger partial charge in [0, 0.05) is 0 Å². The number of rotatable bonds is 1. The third-order valence-corrected chi connectivity index (χ3v) is 2.61. The van der Waals surface area contributed by atoms with Crippen LogP contribution in [-0.2, 0) is 0 Å². The summed E-state index contributed by atoms with van der Waals surface area (Å²) >= 11 is 0. The summed E-state index contributed by atoms with van der Waals surface area (Å²) in [5, 5.41) is 2.64. The van der Waals surface area contributed by atoms with Gasteiger partial charge < -0.3 is 0 Å². The molecular formula is C8H16P2. The fourth-order valence-electron chi connectivity index (χ4n) is 0.592. The Bertz CT molecular complexity index is 157. The first-order valence-corrected chi connectivity index (χ1v) is 4.48. The molecule has 2 heteroatoms. The number of hydrogen-bond donors (Lipinski definition) is 0. The van der Waals surface area contributed by atoms with Crippen LogP contribution < -0.4 is 0 Å². The molecule has 0 aliphatic heterocycles. The fraction of sp³-hybridized carbons (Fsp3) is 0.500. The first-order valence-electron chi connectivity index (χ1n) is 3.33. The van der Waals surface area contributed by atoms with Crippen molar-refractivity contribution in [2.45, 2.75) is 27.7 Å². The molecule has 0 nitrogen and oxygen atoms in total. The van der Waals surface area contributed by atoms with Crippen molar-refractivity contribution in [3.8, 4) is 0 Å². The van der Waals surface area contributed by atoms with Gasteiger partial charge in [-0.05, 0) is 38.8 Å². The van der Waals surface area contributed by atoms with Gasteiger partial charge in [0.2, 0.25) is 0 Å². The molecule has 0 amide bonds. The normalized spacial score (nSPS) is 16.2. The van der Waals surface area contributed by atoms with Gasteiger partial charge in [-0.15, -0.1) is 18.5 Å². The molecule has 2 atom stereocenters. The highest BCUT2D eigenvalue weighted by Crippen LogP contribution is 2.23. The van der Waals surface area contributed by atoms with Crippen LogP contribution in [0.2, 0.25) is 0 Å². The van der Waals surface area contributed by atoms with E-state index in [4.69, 9.17) is 0 Å². The van der Waals surface area contributed by atoms with Gasteiger partial charge in [0.1, 0.15) is 0 Å². The molecule has 2 unspecified atom stereocenters. The number of allylic oxidation sites excluding steroid dienone is 4. The van der Waals surface area contributed by atoms with Gasteiger partial charge in [-0.25, -0.2) is 0 Å². The highest BCUT2D eigenvalue weighted by atomic mass is 31.0. The fourth-order valence-corrected chi connectivity index (χ4v) is 1.02. The molecule has 0 rings (SSSR count). The van der Waals surface area contributed by atoms with E-state index in [0.717, 1.165) is 0 Å². The number of hydrogen-bond acceptors (Lipinski definition) is 0. The van der Waals surface area contributed by atoms with E-state index in [2.05, 4.69) is 46.2 Å². The van der Waals surface area contributed by atoms with Gasteiger partial charge in [0.05, 0.1) is 0 Å². The van der Waals surface area contributed by atoms with Gasteiger partial charge in [-0.2, -0.15) is 0 Å².